The monoisotopic (exact) mass is 391 g/mol. The molecule has 1 fully saturated rings. The topological polar surface area (TPSA) is 100 Å². The highest BCUT2D eigenvalue weighted by molar-refractivity contribution is 5.98. The molecule has 0 atom stereocenters. The maximum Gasteiger partial charge on any atom is 0.253 e. The van der Waals surface area contributed by atoms with Gasteiger partial charge in [-0.15, -0.1) is 0 Å². The van der Waals surface area contributed by atoms with E-state index in [-0.39, 0.29) is 23.6 Å². The lowest BCUT2D eigenvalue weighted by molar-refractivity contribution is 0.0697. The number of aromatic nitrogens is 3. The van der Waals surface area contributed by atoms with Crippen molar-refractivity contribution in [1.82, 2.24) is 25.0 Å². The van der Waals surface area contributed by atoms with Gasteiger partial charge in [-0.3, -0.25) is 9.59 Å². The van der Waals surface area contributed by atoms with Gasteiger partial charge in [0.15, 0.2) is 0 Å². The Morgan fingerprint density at radius 1 is 1.07 bits per heavy atom. The van der Waals surface area contributed by atoms with E-state index in [1.807, 2.05) is 18.2 Å². The highest BCUT2D eigenvalue weighted by Crippen LogP contribution is 2.18. The first-order valence-corrected chi connectivity index (χ1v) is 9.45. The Hall–Kier alpha value is -3.68. The number of hydrogen-bond acceptors (Lipinski definition) is 5. The van der Waals surface area contributed by atoms with E-state index in [0.29, 0.717) is 42.7 Å². The number of piperidine rings is 1. The summed E-state index contributed by atoms with van der Waals surface area (Å²) in [6.07, 6.45) is 4.31. The van der Waals surface area contributed by atoms with Gasteiger partial charge in [-0.25, -0.2) is 9.67 Å². The van der Waals surface area contributed by atoms with Crippen molar-refractivity contribution >= 4 is 11.8 Å². The second-order valence-corrected chi connectivity index (χ2v) is 6.95. The maximum absolute atomic E-state index is 12.8. The number of hydrogen-bond donors (Lipinski definition) is 2. The second kappa shape index (κ2) is 8.14. The molecule has 29 heavy (non-hydrogen) atoms. The molecule has 0 bridgehead atoms. The van der Waals surface area contributed by atoms with Crippen molar-refractivity contribution in [2.24, 2.45) is 0 Å². The number of amides is 2. The summed E-state index contributed by atoms with van der Waals surface area (Å²) >= 11 is 0. The van der Waals surface area contributed by atoms with Crippen LogP contribution in [-0.2, 0) is 0 Å². The lowest BCUT2D eigenvalue weighted by Gasteiger charge is -2.32. The largest absolute Gasteiger partial charge is 0.508 e. The molecule has 8 heteroatoms. The van der Waals surface area contributed by atoms with Gasteiger partial charge < -0.3 is 15.3 Å². The van der Waals surface area contributed by atoms with Crippen LogP contribution in [0.5, 0.6) is 5.75 Å². The van der Waals surface area contributed by atoms with E-state index in [9.17, 15) is 14.7 Å². The standard InChI is InChI=1S/C21H21N5O3/c27-17-5-3-4-15(12-17)21(29)25-10-8-16(9-11-25)24-20(28)18-6-1-2-7-19(18)26-14-22-13-23-26/h1-7,12-14,16,27H,8-11H2,(H,24,28). The number of carbonyl (C=O) groups excluding carboxylic acids is 2. The summed E-state index contributed by atoms with van der Waals surface area (Å²) in [5, 5.41) is 16.7. The van der Waals surface area contributed by atoms with Crippen LogP contribution in [0.3, 0.4) is 0 Å². The van der Waals surface area contributed by atoms with Crippen LogP contribution in [-0.4, -0.2) is 55.7 Å². The van der Waals surface area contributed by atoms with Gasteiger partial charge in [0.2, 0.25) is 0 Å². The Balaban J connectivity index is 1.38. The van der Waals surface area contributed by atoms with Crippen molar-refractivity contribution in [2.45, 2.75) is 18.9 Å². The van der Waals surface area contributed by atoms with Crippen LogP contribution in [0.4, 0.5) is 0 Å². The first-order chi connectivity index (χ1) is 14.1. The minimum Gasteiger partial charge on any atom is -0.508 e. The molecule has 0 unspecified atom stereocenters. The van der Waals surface area contributed by atoms with E-state index in [4.69, 9.17) is 0 Å². The molecule has 0 radical (unpaired) electrons. The van der Waals surface area contributed by atoms with Gasteiger partial charge in [-0.05, 0) is 43.2 Å². The smallest absolute Gasteiger partial charge is 0.253 e. The average Bonchev–Trinajstić information content (AvgIpc) is 3.28. The number of likely N-dealkylation sites (tertiary alicyclic amines) is 1. The van der Waals surface area contributed by atoms with Crippen LogP contribution >= 0.6 is 0 Å². The molecule has 4 rings (SSSR count). The summed E-state index contributed by atoms with van der Waals surface area (Å²) in [6, 6.07) is 13.6. The minimum atomic E-state index is -0.172. The van der Waals surface area contributed by atoms with Gasteiger partial charge in [0.25, 0.3) is 11.8 Å². The van der Waals surface area contributed by atoms with E-state index < -0.39 is 0 Å². The summed E-state index contributed by atoms with van der Waals surface area (Å²) in [4.78, 5) is 31.1. The maximum atomic E-state index is 12.8. The number of carbonyl (C=O) groups is 2. The molecule has 1 aromatic heterocycles. The zero-order chi connectivity index (χ0) is 20.2. The number of para-hydroxylation sites is 1. The van der Waals surface area contributed by atoms with Gasteiger partial charge in [0, 0.05) is 24.7 Å². The first-order valence-electron chi connectivity index (χ1n) is 9.45. The van der Waals surface area contributed by atoms with Crippen molar-refractivity contribution in [3.05, 3.63) is 72.3 Å². The van der Waals surface area contributed by atoms with E-state index in [0.717, 1.165) is 0 Å². The molecule has 0 saturated carbocycles. The molecular formula is C21H21N5O3. The number of phenols is 1. The van der Waals surface area contributed by atoms with Crippen LogP contribution in [0.15, 0.2) is 61.2 Å². The Bertz CT molecular complexity index is 1010. The summed E-state index contributed by atoms with van der Waals surface area (Å²) in [5.74, 6) is -0.208. The third-order valence-electron chi connectivity index (χ3n) is 5.02. The van der Waals surface area contributed by atoms with Crippen molar-refractivity contribution in [2.75, 3.05) is 13.1 Å². The number of benzene rings is 2. The number of nitrogens with zero attached hydrogens (tertiary/aromatic N) is 4. The number of phenolic OH excluding ortho intramolecular Hbond substituents is 1. The van der Waals surface area contributed by atoms with E-state index >= 15 is 0 Å². The van der Waals surface area contributed by atoms with Gasteiger partial charge in [-0.2, -0.15) is 5.10 Å². The summed E-state index contributed by atoms with van der Waals surface area (Å²) in [7, 11) is 0. The van der Waals surface area contributed by atoms with Crippen molar-refractivity contribution in [3.63, 3.8) is 0 Å². The van der Waals surface area contributed by atoms with Crippen LogP contribution in [0.25, 0.3) is 5.69 Å². The van der Waals surface area contributed by atoms with Crippen LogP contribution < -0.4 is 5.32 Å². The van der Waals surface area contributed by atoms with E-state index in [1.54, 1.807) is 34.1 Å². The van der Waals surface area contributed by atoms with Crippen molar-refractivity contribution < 1.29 is 14.7 Å². The van der Waals surface area contributed by atoms with Crippen molar-refractivity contribution in [1.29, 1.82) is 0 Å². The average molecular weight is 391 g/mol. The summed E-state index contributed by atoms with van der Waals surface area (Å²) in [6.45, 7) is 1.09. The zero-order valence-electron chi connectivity index (χ0n) is 15.7. The molecule has 2 heterocycles. The number of aromatic hydroxyl groups is 1. The highest BCUT2D eigenvalue weighted by Gasteiger charge is 2.25. The van der Waals surface area contributed by atoms with Gasteiger partial charge in [0.05, 0.1) is 11.3 Å². The fourth-order valence-corrected chi connectivity index (χ4v) is 3.51. The Labute approximate surface area is 167 Å². The molecule has 8 nitrogen and oxygen atoms in total. The molecule has 148 valence electrons. The number of rotatable bonds is 4. The molecule has 3 aromatic rings. The molecule has 1 saturated heterocycles. The van der Waals surface area contributed by atoms with Crippen LogP contribution in [0.1, 0.15) is 33.6 Å². The molecule has 1 aliphatic rings. The fraction of sp³-hybridized carbons (Fsp3) is 0.238. The first kappa shape index (κ1) is 18.7. The molecule has 0 spiro atoms. The normalized spacial score (nSPS) is 14.6. The van der Waals surface area contributed by atoms with Crippen LogP contribution in [0, 0.1) is 0 Å². The van der Waals surface area contributed by atoms with Crippen molar-refractivity contribution in [3.8, 4) is 11.4 Å². The quantitative estimate of drug-likeness (QED) is 0.709. The lowest BCUT2D eigenvalue weighted by Crippen LogP contribution is -2.46. The molecule has 2 amide bonds. The number of nitrogens with one attached hydrogen (secondary N) is 1. The SMILES string of the molecule is O=C(NC1CCN(C(=O)c2cccc(O)c2)CC1)c1ccccc1-n1cncn1. The summed E-state index contributed by atoms with van der Waals surface area (Å²) < 4.78 is 1.56. The Kier molecular flexibility index (Phi) is 5.24. The molecule has 0 aliphatic carbocycles. The predicted octanol–water partition coefficient (Wildman–Crippen LogP) is 2.01. The van der Waals surface area contributed by atoms with Gasteiger partial charge >= 0.3 is 0 Å². The summed E-state index contributed by atoms with van der Waals surface area (Å²) in [5.41, 5.74) is 1.66. The van der Waals surface area contributed by atoms with Crippen LogP contribution in [0.2, 0.25) is 0 Å². The molecule has 2 N–H and O–H groups in total. The predicted molar refractivity (Wildman–Crippen MR) is 106 cm³/mol. The molecular weight excluding hydrogens is 370 g/mol. The second-order valence-electron chi connectivity index (χ2n) is 6.95. The fourth-order valence-electron chi connectivity index (χ4n) is 3.51. The molecule has 2 aromatic carbocycles. The Morgan fingerprint density at radius 2 is 1.86 bits per heavy atom. The highest BCUT2D eigenvalue weighted by atomic mass is 16.3. The Morgan fingerprint density at radius 3 is 2.59 bits per heavy atom. The van der Waals surface area contributed by atoms with E-state index in [1.165, 1.54) is 18.5 Å². The van der Waals surface area contributed by atoms with E-state index in [2.05, 4.69) is 15.4 Å². The molecule has 1 aliphatic heterocycles. The third-order valence-corrected chi connectivity index (χ3v) is 5.02. The lowest BCUT2D eigenvalue weighted by atomic mass is 10.0. The van der Waals surface area contributed by atoms with Gasteiger partial charge in [-0.1, -0.05) is 18.2 Å². The van der Waals surface area contributed by atoms with Gasteiger partial charge in [0.1, 0.15) is 18.4 Å². The third kappa shape index (κ3) is 4.11. The zero-order valence-corrected chi connectivity index (χ0v) is 15.7. The minimum absolute atomic E-state index is 0.0143.